The van der Waals surface area contributed by atoms with Crippen LogP contribution in [0.4, 0.5) is 0 Å². The molecule has 2 aromatic heterocycles. The lowest BCUT2D eigenvalue weighted by atomic mass is 10.1. The number of rotatable bonds is 8. The summed E-state index contributed by atoms with van der Waals surface area (Å²) in [6.45, 7) is 3.79. The Hall–Kier alpha value is -3.30. The third-order valence-electron chi connectivity index (χ3n) is 4.86. The largest absolute Gasteiger partial charge is 0.349 e. The minimum atomic E-state index is -0.518. The maximum absolute atomic E-state index is 12.8. The van der Waals surface area contributed by atoms with E-state index in [2.05, 4.69) is 25.6 Å². The first kappa shape index (κ1) is 21.4. The van der Waals surface area contributed by atoms with Gasteiger partial charge in [-0.25, -0.2) is 9.78 Å². The van der Waals surface area contributed by atoms with Crippen molar-refractivity contribution >= 4 is 22.6 Å². The summed E-state index contributed by atoms with van der Waals surface area (Å²) < 4.78 is 1.65. The molecule has 0 saturated heterocycles. The number of benzene rings is 1. The fraction of sp³-hybridized carbons (Fsp3) is 0.333. The average molecular weight is 411 g/mol. The number of amides is 2. The number of carbonyl (C=O) groups excluding carboxylic acids is 2. The van der Waals surface area contributed by atoms with Crippen LogP contribution >= 0.6 is 0 Å². The Morgan fingerprint density at radius 1 is 1.17 bits per heavy atom. The summed E-state index contributed by atoms with van der Waals surface area (Å²) in [5.41, 5.74) is 2.20. The van der Waals surface area contributed by atoms with Crippen molar-refractivity contribution in [3.8, 4) is 0 Å². The average Bonchev–Trinajstić information content (AvgIpc) is 3.00. The van der Waals surface area contributed by atoms with Gasteiger partial charge in [0.05, 0.1) is 24.4 Å². The Morgan fingerprint density at radius 2 is 1.93 bits per heavy atom. The van der Waals surface area contributed by atoms with Gasteiger partial charge in [0.2, 0.25) is 0 Å². The molecule has 0 unspecified atom stereocenters. The molecule has 0 bridgehead atoms. The Balaban J connectivity index is 1.71. The standard InChI is InChI=1S/C21H25N5O4/c1-13-18(14(2)26(3)25-13)20(27)24-16(12-30-29-4)11-23-21(28)19-17-8-6-5-7-15(17)9-10-22-19/h5-10,16H,11-12H2,1-4H3,(H,23,28)(H,24,27)/t16-/m0/s1. The highest BCUT2D eigenvalue weighted by atomic mass is 17.2. The van der Waals surface area contributed by atoms with Crippen molar-refractivity contribution in [3.63, 3.8) is 0 Å². The molecule has 2 heterocycles. The van der Waals surface area contributed by atoms with Crippen LogP contribution in [0.15, 0.2) is 36.5 Å². The highest BCUT2D eigenvalue weighted by Crippen LogP contribution is 2.16. The van der Waals surface area contributed by atoms with Gasteiger partial charge in [-0.05, 0) is 25.3 Å². The minimum Gasteiger partial charge on any atom is -0.349 e. The Labute approximate surface area is 174 Å². The fourth-order valence-corrected chi connectivity index (χ4v) is 3.26. The van der Waals surface area contributed by atoms with E-state index in [1.165, 1.54) is 7.11 Å². The molecule has 0 radical (unpaired) electrons. The molecule has 0 aliphatic carbocycles. The molecular formula is C21H25N5O4. The van der Waals surface area contributed by atoms with E-state index in [4.69, 9.17) is 4.89 Å². The second kappa shape index (κ2) is 9.47. The van der Waals surface area contributed by atoms with Crippen molar-refractivity contribution < 1.29 is 19.4 Å². The van der Waals surface area contributed by atoms with Crippen LogP contribution < -0.4 is 10.6 Å². The van der Waals surface area contributed by atoms with Gasteiger partial charge in [0, 0.05) is 30.9 Å². The Kier molecular flexibility index (Phi) is 6.76. The van der Waals surface area contributed by atoms with E-state index in [1.54, 1.807) is 24.9 Å². The molecular weight excluding hydrogens is 386 g/mol. The number of aryl methyl sites for hydroxylation is 2. The van der Waals surface area contributed by atoms with E-state index in [9.17, 15) is 9.59 Å². The number of nitrogens with one attached hydrogen (secondary N) is 2. The third-order valence-corrected chi connectivity index (χ3v) is 4.86. The molecule has 0 aliphatic rings. The van der Waals surface area contributed by atoms with Gasteiger partial charge in [0.1, 0.15) is 12.3 Å². The van der Waals surface area contributed by atoms with E-state index in [0.717, 1.165) is 16.5 Å². The van der Waals surface area contributed by atoms with Crippen LogP contribution in [0.1, 0.15) is 32.2 Å². The molecule has 158 valence electrons. The van der Waals surface area contributed by atoms with Crippen LogP contribution in [-0.2, 0) is 16.8 Å². The summed E-state index contributed by atoms with van der Waals surface area (Å²) >= 11 is 0. The quantitative estimate of drug-likeness (QED) is 0.432. The maximum atomic E-state index is 12.8. The van der Waals surface area contributed by atoms with Crippen LogP contribution in [0.2, 0.25) is 0 Å². The smallest absolute Gasteiger partial charge is 0.270 e. The van der Waals surface area contributed by atoms with Crippen molar-refractivity contribution in [3.05, 3.63) is 59.2 Å². The molecule has 1 aromatic carbocycles. The molecule has 0 spiro atoms. The first-order chi connectivity index (χ1) is 14.4. The van der Waals surface area contributed by atoms with E-state index in [-0.39, 0.29) is 25.0 Å². The third kappa shape index (κ3) is 4.64. The highest BCUT2D eigenvalue weighted by molar-refractivity contribution is 6.05. The van der Waals surface area contributed by atoms with Gasteiger partial charge in [-0.2, -0.15) is 5.10 Å². The monoisotopic (exact) mass is 411 g/mol. The first-order valence-electron chi connectivity index (χ1n) is 9.51. The molecule has 0 saturated carbocycles. The lowest BCUT2D eigenvalue weighted by Crippen LogP contribution is -2.46. The van der Waals surface area contributed by atoms with Gasteiger partial charge in [-0.3, -0.25) is 19.3 Å². The van der Waals surface area contributed by atoms with E-state index >= 15 is 0 Å². The van der Waals surface area contributed by atoms with Crippen LogP contribution in [0.25, 0.3) is 10.8 Å². The Bertz CT molecular complexity index is 1060. The van der Waals surface area contributed by atoms with E-state index < -0.39 is 6.04 Å². The number of hydrogen-bond donors (Lipinski definition) is 2. The predicted octanol–water partition coefficient (Wildman–Crippen LogP) is 1.69. The number of nitrogens with zero attached hydrogens (tertiary/aromatic N) is 3. The van der Waals surface area contributed by atoms with Crippen molar-refractivity contribution in [1.29, 1.82) is 0 Å². The van der Waals surface area contributed by atoms with Crippen molar-refractivity contribution in [2.75, 3.05) is 20.3 Å². The number of pyridine rings is 1. The van der Waals surface area contributed by atoms with Crippen LogP contribution in [0, 0.1) is 13.8 Å². The van der Waals surface area contributed by atoms with Crippen LogP contribution in [-0.4, -0.2) is 52.9 Å². The molecule has 3 rings (SSSR count). The summed E-state index contributed by atoms with van der Waals surface area (Å²) in [6, 6.07) is 8.85. The summed E-state index contributed by atoms with van der Waals surface area (Å²) in [5, 5.41) is 11.6. The summed E-state index contributed by atoms with van der Waals surface area (Å²) in [4.78, 5) is 39.4. The van der Waals surface area contributed by atoms with Gasteiger partial charge < -0.3 is 10.6 Å². The summed E-state index contributed by atoms with van der Waals surface area (Å²) in [7, 11) is 3.16. The molecule has 1 atom stereocenters. The zero-order valence-electron chi connectivity index (χ0n) is 17.4. The van der Waals surface area contributed by atoms with Crippen molar-refractivity contribution in [2.24, 2.45) is 7.05 Å². The summed E-state index contributed by atoms with van der Waals surface area (Å²) in [5.74, 6) is -0.627. The van der Waals surface area contributed by atoms with Gasteiger partial charge in [0.25, 0.3) is 11.8 Å². The lowest BCUT2D eigenvalue weighted by molar-refractivity contribution is -0.275. The number of carbonyl (C=O) groups is 2. The molecule has 9 heteroatoms. The van der Waals surface area contributed by atoms with E-state index in [1.807, 2.05) is 37.3 Å². The van der Waals surface area contributed by atoms with Crippen LogP contribution in [0.3, 0.4) is 0 Å². The second-order valence-electron chi connectivity index (χ2n) is 6.88. The number of fused-ring (bicyclic) bond motifs is 1. The number of aromatic nitrogens is 3. The lowest BCUT2D eigenvalue weighted by Gasteiger charge is -2.19. The fourth-order valence-electron chi connectivity index (χ4n) is 3.26. The molecule has 0 aliphatic heterocycles. The van der Waals surface area contributed by atoms with Gasteiger partial charge in [0.15, 0.2) is 0 Å². The minimum absolute atomic E-state index is 0.0594. The highest BCUT2D eigenvalue weighted by Gasteiger charge is 2.22. The molecule has 2 N–H and O–H groups in total. The van der Waals surface area contributed by atoms with Crippen molar-refractivity contribution in [2.45, 2.75) is 19.9 Å². The van der Waals surface area contributed by atoms with Gasteiger partial charge in [-0.15, -0.1) is 0 Å². The SMILES string of the molecule is COOC[C@H](CNC(=O)c1nccc2ccccc12)NC(=O)c1c(C)nn(C)c1C. The predicted molar refractivity (Wildman–Crippen MR) is 111 cm³/mol. The van der Waals surface area contributed by atoms with Crippen molar-refractivity contribution in [1.82, 2.24) is 25.4 Å². The van der Waals surface area contributed by atoms with Gasteiger partial charge in [-0.1, -0.05) is 24.3 Å². The van der Waals surface area contributed by atoms with Gasteiger partial charge >= 0.3 is 0 Å². The van der Waals surface area contributed by atoms with E-state index in [0.29, 0.717) is 17.0 Å². The summed E-state index contributed by atoms with van der Waals surface area (Å²) in [6.07, 6.45) is 1.60. The normalized spacial score (nSPS) is 12.0. The maximum Gasteiger partial charge on any atom is 0.270 e. The molecule has 0 fully saturated rings. The Morgan fingerprint density at radius 3 is 2.63 bits per heavy atom. The molecule has 30 heavy (non-hydrogen) atoms. The molecule has 3 aromatic rings. The molecule has 2 amide bonds. The zero-order chi connectivity index (χ0) is 21.7. The topological polar surface area (TPSA) is 107 Å². The van der Waals surface area contributed by atoms with Crippen LogP contribution in [0.5, 0.6) is 0 Å². The first-order valence-corrected chi connectivity index (χ1v) is 9.51. The zero-order valence-corrected chi connectivity index (χ0v) is 17.4. The number of hydrogen-bond acceptors (Lipinski definition) is 6. The second-order valence-corrected chi connectivity index (χ2v) is 6.88. The molecule has 9 nitrogen and oxygen atoms in total.